The van der Waals surface area contributed by atoms with Crippen LogP contribution in [0.4, 0.5) is 13.2 Å². The first-order chi connectivity index (χ1) is 11.3. The van der Waals surface area contributed by atoms with Gasteiger partial charge in [0.25, 0.3) is 0 Å². The van der Waals surface area contributed by atoms with Crippen molar-refractivity contribution in [3.05, 3.63) is 66.4 Å². The first-order valence-corrected chi connectivity index (χ1v) is 8.14. The van der Waals surface area contributed by atoms with Crippen molar-refractivity contribution >= 4 is 21.0 Å². The Morgan fingerprint density at radius 3 is 2.25 bits per heavy atom. The summed E-state index contributed by atoms with van der Waals surface area (Å²) < 4.78 is 67.3. The molecule has 0 spiro atoms. The third kappa shape index (κ3) is 3.18. The highest BCUT2D eigenvalue weighted by Gasteiger charge is 2.31. The minimum Gasteiger partial charge on any atom is -0.377 e. The van der Waals surface area contributed by atoms with Crippen LogP contribution in [0.5, 0.6) is 5.75 Å². The van der Waals surface area contributed by atoms with Gasteiger partial charge in [0.1, 0.15) is 10.4 Å². The summed E-state index contributed by atoms with van der Waals surface area (Å²) in [5.74, 6) is 0.00741. The summed E-state index contributed by atoms with van der Waals surface area (Å²) in [6.45, 7) is 0. The summed E-state index contributed by atoms with van der Waals surface area (Å²) in [6, 6.07) is 11.3. The van der Waals surface area contributed by atoms with Crippen molar-refractivity contribution in [2.45, 2.75) is 11.1 Å². The van der Waals surface area contributed by atoms with Gasteiger partial charge >= 0.3 is 16.3 Å². The molecular weight excluding hydrogens is 343 g/mol. The van der Waals surface area contributed by atoms with Crippen LogP contribution in [0, 0.1) is 0 Å². The molecule has 3 rings (SSSR count). The molecule has 1 aromatic heterocycles. The normalized spacial score (nSPS) is 12.3. The van der Waals surface area contributed by atoms with E-state index in [9.17, 15) is 21.6 Å². The molecular formula is C16H10F3NO3S. The zero-order valence-electron chi connectivity index (χ0n) is 12.0. The van der Waals surface area contributed by atoms with E-state index in [2.05, 4.69) is 4.98 Å². The highest BCUT2D eigenvalue weighted by atomic mass is 32.2. The maximum atomic E-state index is 12.5. The number of aromatic nitrogens is 1. The van der Waals surface area contributed by atoms with Crippen molar-refractivity contribution in [1.29, 1.82) is 0 Å². The Labute approximate surface area is 135 Å². The Morgan fingerprint density at radius 2 is 1.58 bits per heavy atom. The molecule has 0 aliphatic rings. The van der Waals surface area contributed by atoms with Gasteiger partial charge in [-0.05, 0) is 36.4 Å². The van der Waals surface area contributed by atoms with E-state index in [0.29, 0.717) is 23.0 Å². The van der Waals surface area contributed by atoms with Gasteiger partial charge in [-0.3, -0.25) is 4.98 Å². The lowest BCUT2D eigenvalue weighted by atomic mass is 10.2. The predicted molar refractivity (Wildman–Crippen MR) is 81.0 cm³/mol. The molecule has 2 aromatic carbocycles. The summed E-state index contributed by atoms with van der Waals surface area (Å²) in [5, 5.41) is 0.678. The van der Waals surface area contributed by atoms with Gasteiger partial charge in [0.05, 0.1) is 5.56 Å². The standard InChI is InChI=1S/C16H10F3NO3S/c17-16(18,19)12-6-8-13(9-7-12)24(21,22)23-14-5-1-3-11-4-2-10-20-15(11)14/h1-10H. The van der Waals surface area contributed by atoms with E-state index < -0.39 is 21.9 Å². The fourth-order valence-electron chi connectivity index (χ4n) is 2.12. The number of benzene rings is 2. The van der Waals surface area contributed by atoms with Gasteiger partial charge < -0.3 is 4.18 Å². The topological polar surface area (TPSA) is 56.3 Å². The lowest BCUT2D eigenvalue weighted by Crippen LogP contribution is -2.11. The molecule has 0 amide bonds. The predicted octanol–water partition coefficient (Wildman–Crippen LogP) is 4.02. The number of rotatable bonds is 3. The molecule has 0 saturated heterocycles. The zero-order chi connectivity index (χ0) is 17.4. The number of fused-ring (bicyclic) bond motifs is 1. The maximum Gasteiger partial charge on any atom is 0.416 e. The molecule has 0 aliphatic heterocycles. The van der Waals surface area contributed by atoms with E-state index in [0.717, 1.165) is 12.1 Å². The second-order valence-electron chi connectivity index (χ2n) is 4.89. The minimum absolute atomic E-state index is 0.00741. The van der Waals surface area contributed by atoms with Crippen LogP contribution in [-0.2, 0) is 16.3 Å². The van der Waals surface area contributed by atoms with Gasteiger partial charge in [0, 0.05) is 11.6 Å². The lowest BCUT2D eigenvalue weighted by molar-refractivity contribution is -0.137. The Bertz CT molecular complexity index is 978. The third-order valence-electron chi connectivity index (χ3n) is 3.27. The number of halogens is 3. The van der Waals surface area contributed by atoms with Crippen molar-refractivity contribution < 1.29 is 25.8 Å². The number of alkyl halides is 3. The summed E-state index contributed by atoms with van der Waals surface area (Å²) in [5.41, 5.74) is -0.594. The molecule has 0 unspecified atom stereocenters. The molecule has 0 fully saturated rings. The van der Waals surface area contributed by atoms with Gasteiger partial charge in [-0.1, -0.05) is 18.2 Å². The molecule has 24 heavy (non-hydrogen) atoms. The summed E-state index contributed by atoms with van der Waals surface area (Å²) >= 11 is 0. The molecule has 0 N–H and O–H groups in total. The highest BCUT2D eigenvalue weighted by molar-refractivity contribution is 7.87. The Morgan fingerprint density at radius 1 is 0.917 bits per heavy atom. The van der Waals surface area contributed by atoms with Gasteiger partial charge in [-0.25, -0.2) is 0 Å². The second kappa shape index (κ2) is 5.79. The van der Waals surface area contributed by atoms with Crippen LogP contribution >= 0.6 is 0 Å². The Kier molecular flexibility index (Phi) is 3.92. The van der Waals surface area contributed by atoms with E-state index in [1.165, 1.54) is 12.3 Å². The van der Waals surface area contributed by atoms with Crippen molar-refractivity contribution in [3.63, 3.8) is 0 Å². The van der Waals surface area contributed by atoms with Gasteiger partial charge in [-0.15, -0.1) is 0 Å². The smallest absolute Gasteiger partial charge is 0.377 e. The van der Waals surface area contributed by atoms with Crippen LogP contribution in [0.3, 0.4) is 0 Å². The average Bonchev–Trinajstić information content (AvgIpc) is 2.54. The van der Waals surface area contributed by atoms with Crippen LogP contribution in [0.2, 0.25) is 0 Å². The summed E-state index contributed by atoms with van der Waals surface area (Å²) in [7, 11) is -4.27. The van der Waals surface area contributed by atoms with E-state index in [4.69, 9.17) is 4.18 Å². The quantitative estimate of drug-likeness (QED) is 0.668. The van der Waals surface area contributed by atoms with Crippen LogP contribution in [-0.4, -0.2) is 13.4 Å². The molecule has 0 atom stereocenters. The van der Waals surface area contributed by atoms with Crippen LogP contribution in [0.1, 0.15) is 5.56 Å². The van der Waals surface area contributed by atoms with Crippen molar-refractivity contribution in [3.8, 4) is 5.75 Å². The van der Waals surface area contributed by atoms with Crippen LogP contribution in [0.25, 0.3) is 10.9 Å². The van der Waals surface area contributed by atoms with Gasteiger partial charge in [0.2, 0.25) is 0 Å². The Balaban J connectivity index is 1.96. The molecule has 3 aromatic rings. The fraction of sp³-hybridized carbons (Fsp3) is 0.0625. The van der Waals surface area contributed by atoms with Crippen LogP contribution in [0.15, 0.2) is 65.7 Å². The molecule has 4 nitrogen and oxygen atoms in total. The van der Waals surface area contributed by atoms with E-state index in [1.807, 2.05) is 0 Å². The third-order valence-corrected chi connectivity index (χ3v) is 4.51. The number of para-hydroxylation sites is 1. The average molecular weight is 353 g/mol. The number of pyridine rings is 1. The molecule has 1 heterocycles. The number of hydrogen-bond donors (Lipinski definition) is 0. The van der Waals surface area contributed by atoms with Gasteiger partial charge in [-0.2, -0.15) is 21.6 Å². The van der Waals surface area contributed by atoms with Gasteiger partial charge in [0.15, 0.2) is 5.75 Å². The first kappa shape index (κ1) is 16.3. The zero-order valence-corrected chi connectivity index (χ0v) is 12.8. The molecule has 0 aliphatic carbocycles. The molecule has 0 saturated carbocycles. The fourth-order valence-corrected chi connectivity index (χ4v) is 3.06. The monoisotopic (exact) mass is 353 g/mol. The molecule has 124 valence electrons. The van der Waals surface area contributed by atoms with Crippen LogP contribution < -0.4 is 4.18 Å². The molecule has 0 bridgehead atoms. The van der Waals surface area contributed by atoms with Crippen molar-refractivity contribution in [2.75, 3.05) is 0 Å². The SMILES string of the molecule is O=S(=O)(Oc1cccc2cccnc12)c1ccc(C(F)(F)F)cc1. The second-order valence-corrected chi connectivity index (χ2v) is 6.44. The van der Waals surface area contributed by atoms with E-state index in [1.54, 1.807) is 24.3 Å². The molecule has 0 radical (unpaired) electrons. The van der Waals surface area contributed by atoms with Crippen molar-refractivity contribution in [1.82, 2.24) is 4.98 Å². The van der Waals surface area contributed by atoms with E-state index >= 15 is 0 Å². The van der Waals surface area contributed by atoms with E-state index in [-0.39, 0.29) is 10.6 Å². The number of hydrogen-bond acceptors (Lipinski definition) is 4. The summed E-state index contributed by atoms with van der Waals surface area (Å²) in [6.07, 6.45) is -3.05. The number of nitrogens with zero attached hydrogens (tertiary/aromatic N) is 1. The van der Waals surface area contributed by atoms with Crippen molar-refractivity contribution in [2.24, 2.45) is 0 Å². The minimum atomic E-state index is -4.54. The highest BCUT2D eigenvalue weighted by Crippen LogP contribution is 2.31. The summed E-state index contributed by atoms with van der Waals surface area (Å²) in [4.78, 5) is 3.70. The largest absolute Gasteiger partial charge is 0.416 e. The Hall–Kier alpha value is -2.61. The molecule has 8 heteroatoms. The lowest BCUT2D eigenvalue weighted by Gasteiger charge is -2.10. The maximum absolute atomic E-state index is 12.5. The first-order valence-electron chi connectivity index (χ1n) is 6.73.